The van der Waals surface area contributed by atoms with Gasteiger partial charge in [0.05, 0.1) is 0 Å². The van der Waals surface area contributed by atoms with E-state index in [9.17, 15) is 0 Å². The Labute approximate surface area is 97.5 Å². The fourth-order valence-electron chi connectivity index (χ4n) is 3.43. The standard InChI is InChI=1S/C14H20N2/c1-10-2-5-14(15-8-10)16-9-13-7-11-3-4-12(13)6-11/h2,5,8,11-13H,3-4,6-7,9H2,1H3,(H,15,16). The molecule has 16 heavy (non-hydrogen) atoms. The Bertz CT molecular complexity index is 358. The Kier molecular flexibility index (Phi) is 2.58. The Hall–Kier alpha value is -1.05. The number of nitrogens with one attached hydrogen (secondary N) is 1. The Morgan fingerprint density at radius 2 is 2.25 bits per heavy atom. The molecule has 1 aromatic rings. The zero-order valence-electron chi connectivity index (χ0n) is 9.95. The number of hydrogen-bond donors (Lipinski definition) is 1. The normalized spacial score (nSPS) is 31.9. The van der Waals surface area contributed by atoms with Crippen LogP contribution in [0.5, 0.6) is 0 Å². The van der Waals surface area contributed by atoms with Gasteiger partial charge in [-0.15, -0.1) is 0 Å². The lowest BCUT2D eigenvalue weighted by molar-refractivity contribution is 0.348. The molecule has 3 unspecified atom stereocenters. The molecule has 0 saturated heterocycles. The first-order valence-electron chi connectivity index (χ1n) is 6.48. The quantitative estimate of drug-likeness (QED) is 0.839. The summed E-state index contributed by atoms with van der Waals surface area (Å²) in [6.45, 7) is 3.20. The number of pyridine rings is 1. The fraction of sp³-hybridized carbons (Fsp3) is 0.643. The predicted octanol–water partition coefficient (Wildman–Crippen LogP) is 3.24. The first-order chi connectivity index (χ1) is 7.81. The third kappa shape index (κ3) is 1.93. The van der Waals surface area contributed by atoms with Crippen molar-refractivity contribution in [2.45, 2.75) is 32.6 Å². The lowest BCUT2D eigenvalue weighted by Gasteiger charge is -2.22. The Morgan fingerprint density at radius 3 is 2.88 bits per heavy atom. The molecule has 86 valence electrons. The summed E-state index contributed by atoms with van der Waals surface area (Å²) in [4.78, 5) is 4.39. The van der Waals surface area contributed by atoms with Gasteiger partial charge < -0.3 is 5.32 Å². The van der Waals surface area contributed by atoms with Gasteiger partial charge in [0, 0.05) is 12.7 Å². The summed E-state index contributed by atoms with van der Waals surface area (Å²) in [6.07, 6.45) is 7.84. The second kappa shape index (κ2) is 4.08. The molecular formula is C14H20N2. The molecule has 2 fully saturated rings. The first kappa shape index (κ1) is 10.1. The predicted molar refractivity (Wildman–Crippen MR) is 66.4 cm³/mol. The number of fused-ring (bicyclic) bond motifs is 2. The minimum absolute atomic E-state index is 0.904. The number of aryl methyl sites for hydroxylation is 1. The van der Waals surface area contributed by atoms with Crippen LogP contribution >= 0.6 is 0 Å². The summed E-state index contributed by atoms with van der Waals surface area (Å²) in [5.41, 5.74) is 1.23. The van der Waals surface area contributed by atoms with Crippen LogP contribution in [0.4, 0.5) is 5.82 Å². The van der Waals surface area contributed by atoms with Crippen LogP contribution < -0.4 is 5.32 Å². The number of rotatable bonds is 3. The van der Waals surface area contributed by atoms with Crippen molar-refractivity contribution in [3.05, 3.63) is 23.9 Å². The van der Waals surface area contributed by atoms with Gasteiger partial charge in [-0.3, -0.25) is 0 Å². The minimum atomic E-state index is 0.904. The lowest BCUT2D eigenvalue weighted by Crippen LogP contribution is -2.20. The number of nitrogens with zero attached hydrogens (tertiary/aromatic N) is 1. The van der Waals surface area contributed by atoms with E-state index < -0.39 is 0 Å². The van der Waals surface area contributed by atoms with Crippen LogP contribution in [-0.2, 0) is 0 Å². The monoisotopic (exact) mass is 216 g/mol. The van der Waals surface area contributed by atoms with Gasteiger partial charge in [0.25, 0.3) is 0 Å². The maximum atomic E-state index is 4.39. The highest BCUT2D eigenvalue weighted by Gasteiger charge is 2.38. The van der Waals surface area contributed by atoms with Crippen LogP contribution in [0.1, 0.15) is 31.2 Å². The molecule has 3 atom stereocenters. The van der Waals surface area contributed by atoms with Crippen molar-refractivity contribution < 1.29 is 0 Å². The van der Waals surface area contributed by atoms with E-state index in [1.54, 1.807) is 0 Å². The molecule has 3 rings (SSSR count). The number of aromatic nitrogens is 1. The second-order valence-electron chi connectivity index (χ2n) is 5.54. The minimum Gasteiger partial charge on any atom is -0.370 e. The first-order valence-corrected chi connectivity index (χ1v) is 6.48. The maximum Gasteiger partial charge on any atom is 0.125 e. The van der Waals surface area contributed by atoms with E-state index in [0.29, 0.717) is 0 Å². The van der Waals surface area contributed by atoms with Gasteiger partial charge in [0.15, 0.2) is 0 Å². The highest BCUT2D eigenvalue weighted by atomic mass is 15.0. The third-order valence-corrected chi connectivity index (χ3v) is 4.34. The van der Waals surface area contributed by atoms with E-state index in [2.05, 4.69) is 29.4 Å². The molecule has 1 aromatic heterocycles. The molecule has 1 N–H and O–H groups in total. The van der Waals surface area contributed by atoms with Gasteiger partial charge in [-0.25, -0.2) is 4.98 Å². The van der Waals surface area contributed by atoms with Gasteiger partial charge in [-0.1, -0.05) is 12.5 Å². The molecule has 0 aliphatic heterocycles. The average Bonchev–Trinajstić information content (AvgIpc) is 2.90. The molecule has 2 heteroatoms. The summed E-state index contributed by atoms with van der Waals surface area (Å²) in [6, 6.07) is 4.21. The van der Waals surface area contributed by atoms with Crippen molar-refractivity contribution in [1.29, 1.82) is 0 Å². The van der Waals surface area contributed by atoms with E-state index in [-0.39, 0.29) is 0 Å². The molecule has 1 heterocycles. The molecule has 0 radical (unpaired) electrons. The number of hydrogen-bond acceptors (Lipinski definition) is 2. The molecular weight excluding hydrogens is 196 g/mol. The summed E-state index contributed by atoms with van der Waals surface area (Å²) in [5, 5.41) is 3.49. The zero-order chi connectivity index (χ0) is 11.0. The van der Waals surface area contributed by atoms with Crippen molar-refractivity contribution in [1.82, 2.24) is 4.98 Å². The number of anilines is 1. The van der Waals surface area contributed by atoms with Crippen LogP contribution in [0.2, 0.25) is 0 Å². The summed E-state index contributed by atoms with van der Waals surface area (Å²) >= 11 is 0. The van der Waals surface area contributed by atoms with E-state index in [4.69, 9.17) is 0 Å². The van der Waals surface area contributed by atoms with E-state index in [1.165, 1.54) is 31.2 Å². The van der Waals surface area contributed by atoms with Gasteiger partial charge in [0.2, 0.25) is 0 Å². The molecule has 2 saturated carbocycles. The van der Waals surface area contributed by atoms with Crippen LogP contribution in [0.3, 0.4) is 0 Å². The molecule has 0 amide bonds. The van der Waals surface area contributed by atoms with E-state index in [1.807, 2.05) is 6.20 Å². The Balaban J connectivity index is 1.55. The van der Waals surface area contributed by atoms with Crippen molar-refractivity contribution in [2.75, 3.05) is 11.9 Å². The third-order valence-electron chi connectivity index (χ3n) is 4.34. The molecule has 0 aromatic carbocycles. The average molecular weight is 216 g/mol. The Morgan fingerprint density at radius 1 is 1.31 bits per heavy atom. The zero-order valence-corrected chi connectivity index (χ0v) is 9.95. The van der Waals surface area contributed by atoms with Crippen molar-refractivity contribution in [2.24, 2.45) is 17.8 Å². The van der Waals surface area contributed by atoms with E-state index in [0.717, 1.165) is 30.1 Å². The molecule has 2 nitrogen and oxygen atoms in total. The SMILES string of the molecule is Cc1ccc(NCC2CC3CCC2C3)nc1. The van der Waals surface area contributed by atoms with Gasteiger partial charge >= 0.3 is 0 Å². The topological polar surface area (TPSA) is 24.9 Å². The fourth-order valence-corrected chi connectivity index (χ4v) is 3.43. The largest absolute Gasteiger partial charge is 0.370 e. The van der Waals surface area contributed by atoms with Crippen LogP contribution in [-0.4, -0.2) is 11.5 Å². The maximum absolute atomic E-state index is 4.39. The summed E-state index contributed by atoms with van der Waals surface area (Å²) in [7, 11) is 0. The van der Waals surface area contributed by atoms with Crippen molar-refractivity contribution in [3.8, 4) is 0 Å². The van der Waals surface area contributed by atoms with E-state index >= 15 is 0 Å². The molecule has 2 aliphatic rings. The smallest absolute Gasteiger partial charge is 0.125 e. The van der Waals surface area contributed by atoms with Gasteiger partial charge in [-0.2, -0.15) is 0 Å². The van der Waals surface area contributed by atoms with Crippen LogP contribution in [0.25, 0.3) is 0 Å². The van der Waals surface area contributed by atoms with Gasteiger partial charge in [0.1, 0.15) is 5.82 Å². The lowest BCUT2D eigenvalue weighted by atomic mass is 9.89. The van der Waals surface area contributed by atoms with Crippen molar-refractivity contribution in [3.63, 3.8) is 0 Å². The highest BCUT2D eigenvalue weighted by molar-refractivity contribution is 5.35. The van der Waals surface area contributed by atoms with Crippen LogP contribution in [0.15, 0.2) is 18.3 Å². The van der Waals surface area contributed by atoms with Crippen LogP contribution in [0, 0.1) is 24.7 Å². The van der Waals surface area contributed by atoms with Crippen molar-refractivity contribution >= 4 is 5.82 Å². The molecule has 2 aliphatic carbocycles. The highest BCUT2D eigenvalue weighted by Crippen LogP contribution is 2.48. The molecule has 2 bridgehead atoms. The summed E-state index contributed by atoms with van der Waals surface area (Å²) in [5.74, 6) is 3.99. The second-order valence-corrected chi connectivity index (χ2v) is 5.54. The molecule has 0 spiro atoms. The summed E-state index contributed by atoms with van der Waals surface area (Å²) < 4.78 is 0. The van der Waals surface area contributed by atoms with Gasteiger partial charge in [-0.05, 0) is 55.6 Å².